The average molecular weight is 398 g/mol. The van der Waals surface area contributed by atoms with Gasteiger partial charge >= 0.3 is 5.97 Å². The Labute approximate surface area is 170 Å². The van der Waals surface area contributed by atoms with Crippen LogP contribution in [0.15, 0.2) is 36.4 Å². The number of rotatable bonds is 10. The molecule has 0 amide bonds. The van der Waals surface area contributed by atoms with Crippen LogP contribution in [0.25, 0.3) is 0 Å². The summed E-state index contributed by atoms with van der Waals surface area (Å²) in [5.41, 5.74) is 3.04. The van der Waals surface area contributed by atoms with E-state index in [1.807, 2.05) is 32.0 Å². The van der Waals surface area contributed by atoms with Gasteiger partial charge in [0.15, 0.2) is 30.5 Å². The van der Waals surface area contributed by atoms with Gasteiger partial charge < -0.3 is 14.2 Å². The highest BCUT2D eigenvalue weighted by Gasteiger charge is 2.15. The van der Waals surface area contributed by atoms with Crippen molar-refractivity contribution in [3.63, 3.8) is 0 Å². The molecule has 0 N–H and O–H groups in total. The first kappa shape index (κ1) is 22.1. The van der Waals surface area contributed by atoms with Crippen LogP contribution in [0.2, 0.25) is 0 Å². The second-order valence-electron chi connectivity index (χ2n) is 6.49. The van der Waals surface area contributed by atoms with Gasteiger partial charge in [-0.05, 0) is 55.2 Å². The third kappa shape index (κ3) is 5.91. The quantitative estimate of drug-likeness (QED) is 0.447. The van der Waals surface area contributed by atoms with Gasteiger partial charge in [0.1, 0.15) is 0 Å². The number of hydrogen-bond acceptors (Lipinski definition) is 6. The first-order valence-electron chi connectivity index (χ1n) is 9.51. The van der Waals surface area contributed by atoms with Crippen LogP contribution in [0.4, 0.5) is 0 Å². The van der Waals surface area contributed by atoms with Crippen LogP contribution in [0, 0.1) is 0 Å². The van der Waals surface area contributed by atoms with Crippen molar-refractivity contribution in [2.24, 2.45) is 0 Å². The number of hydrogen-bond donors (Lipinski definition) is 0. The van der Waals surface area contributed by atoms with Gasteiger partial charge in [0, 0.05) is 11.1 Å². The van der Waals surface area contributed by atoms with E-state index in [-0.39, 0.29) is 24.8 Å². The lowest BCUT2D eigenvalue weighted by Crippen LogP contribution is -2.20. The fraction of sp³-hybridized carbons (Fsp3) is 0.348. The SMILES string of the molecule is CCc1ccc(CC)c(C(=O)COC(=O)COc2ccc(C(C)=O)cc2OC)c1. The Hall–Kier alpha value is -3.15. The Morgan fingerprint density at radius 3 is 2.28 bits per heavy atom. The lowest BCUT2D eigenvalue weighted by Gasteiger charge is -2.12. The van der Waals surface area contributed by atoms with E-state index in [4.69, 9.17) is 14.2 Å². The average Bonchev–Trinajstić information content (AvgIpc) is 2.75. The molecular weight excluding hydrogens is 372 g/mol. The Morgan fingerprint density at radius 2 is 1.66 bits per heavy atom. The van der Waals surface area contributed by atoms with Crippen molar-refractivity contribution in [3.05, 3.63) is 58.7 Å². The van der Waals surface area contributed by atoms with Gasteiger partial charge in [0.05, 0.1) is 7.11 Å². The Morgan fingerprint density at radius 1 is 0.897 bits per heavy atom. The number of esters is 1. The number of carbonyl (C=O) groups is 3. The molecule has 0 aliphatic heterocycles. The fourth-order valence-corrected chi connectivity index (χ4v) is 2.82. The van der Waals surface area contributed by atoms with Crippen molar-refractivity contribution in [3.8, 4) is 11.5 Å². The van der Waals surface area contributed by atoms with Crippen molar-refractivity contribution in [2.75, 3.05) is 20.3 Å². The van der Waals surface area contributed by atoms with E-state index in [2.05, 4.69) is 0 Å². The highest BCUT2D eigenvalue weighted by Crippen LogP contribution is 2.28. The fourth-order valence-electron chi connectivity index (χ4n) is 2.82. The van der Waals surface area contributed by atoms with Crippen molar-refractivity contribution >= 4 is 17.5 Å². The maximum absolute atomic E-state index is 12.5. The molecule has 0 aliphatic rings. The first-order chi connectivity index (χ1) is 13.9. The standard InChI is InChI=1S/C23H26O6/c1-5-16-7-8-17(6-2)19(11-16)20(25)13-29-23(26)14-28-21-10-9-18(15(3)24)12-22(21)27-4/h7-12H,5-6,13-14H2,1-4H3. The van der Waals surface area contributed by atoms with Gasteiger partial charge in [0.25, 0.3) is 0 Å². The number of ether oxygens (including phenoxy) is 3. The molecule has 29 heavy (non-hydrogen) atoms. The van der Waals surface area contributed by atoms with Crippen LogP contribution in [-0.2, 0) is 22.4 Å². The summed E-state index contributed by atoms with van der Waals surface area (Å²) in [6.45, 7) is 4.72. The zero-order valence-electron chi connectivity index (χ0n) is 17.2. The van der Waals surface area contributed by atoms with E-state index in [9.17, 15) is 14.4 Å². The summed E-state index contributed by atoms with van der Waals surface area (Å²) in [5, 5.41) is 0. The summed E-state index contributed by atoms with van der Waals surface area (Å²) >= 11 is 0. The van der Waals surface area contributed by atoms with Gasteiger partial charge in [0.2, 0.25) is 5.78 Å². The van der Waals surface area contributed by atoms with E-state index >= 15 is 0 Å². The first-order valence-corrected chi connectivity index (χ1v) is 9.51. The van der Waals surface area contributed by atoms with Gasteiger partial charge in [-0.15, -0.1) is 0 Å². The van der Waals surface area contributed by atoms with Gasteiger partial charge in [-0.2, -0.15) is 0 Å². The largest absolute Gasteiger partial charge is 0.493 e. The van der Waals surface area contributed by atoms with E-state index < -0.39 is 5.97 Å². The minimum absolute atomic E-state index is 0.105. The predicted octanol–water partition coefficient (Wildman–Crippen LogP) is 3.83. The van der Waals surface area contributed by atoms with Gasteiger partial charge in [-0.1, -0.05) is 26.0 Å². The molecule has 0 saturated carbocycles. The second-order valence-corrected chi connectivity index (χ2v) is 6.49. The summed E-state index contributed by atoms with van der Waals surface area (Å²) in [4.78, 5) is 36.0. The van der Waals surface area contributed by atoms with Crippen LogP contribution in [-0.4, -0.2) is 37.9 Å². The molecule has 0 aromatic heterocycles. The van der Waals surface area contributed by atoms with Crippen LogP contribution in [0.5, 0.6) is 11.5 Å². The molecule has 0 bridgehead atoms. The molecule has 0 atom stereocenters. The molecule has 6 nitrogen and oxygen atoms in total. The smallest absolute Gasteiger partial charge is 0.344 e. The van der Waals surface area contributed by atoms with Crippen molar-refractivity contribution in [2.45, 2.75) is 33.6 Å². The molecule has 2 rings (SSSR count). The predicted molar refractivity (Wildman–Crippen MR) is 109 cm³/mol. The zero-order valence-corrected chi connectivity index (χ0v) is 17.2. The molecule has 2 aromatic rings. The van der Waals surface area contributed by atoms with E-state index in [0.29, 0.717) is 22.6 Å². The van der Waals surface area contributed by atoms with E-state index in [1.54, 1.807) is 18.2 Å². The highest BCUT2D eigenvalue weighted by molar-refractivity contribution is 5.99. The van der Waals surface area contributed by atoms with Crippen LogP contribution < -0.4 is 9.47 Å². The summed E-state index contributed by atoms with van der Waals surface area (Å²) in [7, 11) is 1.44. The summed E-state index contributed by atoms with van der Waals surface area (Å²) in [5.74, 6) is -0.365. The summed E-state index contributed by atoms with van der Waals surface area (Å²) in [6, 6.07) is 10.5. The summed E-state index contributed by atoms with van der Waals surface area (Å²) < 4.78 is 15.7. The maximum Gasteiger partial charge on any atom is 0.344 e. The van der Waals surface area contributed by atoms with E-state index in [0.717, 1.165) is 24.0 Å². The molecule has 0 aliphatic carbocycles. The topological polar surface area (TPSA) is 78.9 Å². The molecule has 0 heterocycles. The van der Waals surface area contributed by atoms with Crippen molar-refractivity contribution in [1.82, 2.24) is 0 Å². The molecule has 154 valence electrons. The molecule has 0 radical (unpaired) electrons. The monoisotopic (exact) mass is 398 g/mol. The summed E-state index contributed by atoms with van der Waals surface area (Å²) in [6.07, 6.45) is 1.54. The second kappa shape index (κ2) is 10.4. The van der Waals surface area contributed by atoms with Crippen LogP contribution >= 0.6 is 0 Å². The van der Waals surface area contributed by atoms with E-state index in [1.165, 1.54) is 14.0 Å². The number of carbonyl (C=O) groups excluding carboxylic acids is 3. The lowest BCUT2D eigenvalue weighted by molar-refractivity contribution is -0.144. The minimum atomic E-state index is -0.666. The van der Waals surface area contributed by atoms with Gasteiger partial charge in [-0.25, -0.2) is 4.79 Å². The highest BCUT2D eigenvalue weighted by atomic mass is 16.6. The molecular formula is C23H26O6. The minimum Gasteiger partial charge on any atom is -0.493 e. The number of methoxy groups -OCH3 is 1. The number of Topliss-reactive ketones (excluding diaryl/α,β-unsaturated/α-hetero) is 2. The molecule has 0 unspecified atom stereocenters. The molecule has 0 spiro atoms. The normalized spacial score (nSPS) is 10.3. The molecule has 0 fully saturated rings. The molecule has 6 heteroatoms. The molecule has 2 aromatic carbocycles. The van der Waals surface area contributed by atoms with Crippen LogP contribution in [0.3, 0.4) is 0 Å². The Kier molecular flexibility index (Phi) is 7.95. The third-order valence-electron chi connectivity index (χ3n) is 4.54. The number of ketones is 2. The van der Waals surface area contributed by atoms with Crippen molar-refractivity contribution < 1.29 is 28.6 Å². The number of benzene rings is 2. The van der Waals surface area contributed by atoms with Crippen LogP contribution in [0.1, 0.15) is 52.6 Å². The maximum atomic E-state index is 12.5. The number of aryl methyl sites for hydroxylation is 2. The Balaban J connectivity index is 1.95. The third-order valence-corrected chi connectivity index (χ3v) is 4.54. The van der Waals surface area contributed by atoms with Crippen molar-refractivity contribution in [1.29, 1.82) is 0 Å². The van der Waals surface area contributed by atoms with Gasteiger partial charge in [-0.3, -0.25) is 9.59 Å². The lowest BCUT2D eigenvalue weighted by atomic mass is 9.98. The Bertz CT molecular complexity index is 900. The molecule has 0 saturated heterocycles. The zero-order chi connectivity index (χ0) is 21.4.